The monoisotopic (exact) mass is 308 g/mol. The van der Waals surface area contributed by atoms with E-state index in [1.807, 2.05) is 48.2 Å². The number of carbonyl (C=O) groups is 1. The highest BCUT2D eigenvalue weighted by Crippen LogP contribution is 2.24. The van der Waals surface area contributed by atoms with Gasteiger partial charge in [-0.25, -0.2) is 0 Å². The van der Waals surface area contributed by atoms with Crippen molar-refractivity contribution in [1.29, 1.82) is 0 Å². The summed E-state index contributed by atoms with van der Waals surface area (Å²) in [4.78, 5) is 14.5. The Kier molecular flexibility index (Phi) is 6.93. The summed E-state index contributed by atoms with van der Waals surface area (Å²) in [6.07, 6.45) is 4.03. The van der Waals surface area contributed by atoms with Crippen LogP contribution in [-0.4, -0.2) is 23.9 Å². The molecule has 1 saturated heterocycles. The van der Waals surface area contributed by atoms with Crippen LogP contribution in [0.25, 0.3) is 0 Å². The molecule has 2 N–H and O–H groups in total. The van der Waals surface area contributed by atoms with Gasteiger partial charge >= 0.3 is 0 Å². The Morgan fingerprint density at radius 3 is 2.43 bits per heavy atom. The van der Waals surface area contributed by atoms with E-state index in [9.17, 15) is 4.79 Å². The van der Waals surface area contributed by atoms with Gasteiger partial charge in [-0.1, -0.05) is 43.3 Å². The Balaban J connectivity index is 0.00000220. The summed E-state index contributed by atoms with van der Waals surface area (Å²) < 4.78 is 0. The molecule has 3 nitrogen and oxygen atoms in total. The van der Waals surface area contributed by atoms with E-state index in [4.69, 9.17) is 5.73 Å². The number of piperidine rings is 1. The molecule has 1 aromatic carbocycles. The standard InChI is InChI=1S/C17H24N2O.ClH/c1-3-14-9-11-19(12-10-14)17(20)13(2)16(18)15-7-5-4-6-8-15;/h3-8,13-14,16H,1,9-12,18H2,2H3;1H. The first-order chi connectivity index (χ1) is 9.63. The molecule has 0 aromatic heterocycles. The molecule has 2 unspecified atom stereocenters. The molecule has 1 aliphatic heterocycles. The van der Waals surface area contributed by atoms with Crippen molar-refractivity contribution in [3.05, 3.63) is 48.6 Å². The highest BCUT2D eigenvalue weighted by molar-refractivity contribution is 5.85. The topological polar surface area (TPSA) is 46.3 Å². The quantitative estimate of drug-likeness (QED) is 0.868. The Bertz CT molecular complexity index is 455. The van der Waals surface area contributed by atoms with Crippen molar-refractivity contribution in [2.24, 2.45) is 17.6 Å². The molecule has 0 radical (unpaired) electrons. The molecular formula is C17H25ClN2O. The highest BCUT2D eigenvalue weighted by Gasteiger charge is 2.28. The molecular weight excluding hydrogens is 284 g/mol. The van der Waals surface area contributed by atoms with Crippen molar-refractivity contribution in [2.45, 2.75) is 25.8 Å². The van der Waals surface area contributed by atoms with Crippen molar-refractivity contribution in [3.63, 3.8) is 0 Å². The maximum atomic E-state index is 12.5. The van der Waals surface area contributed by atoms with Crippen LogP contribution >= 0.6 is 12.4 Å². The first kappa shape index (κ1) is 17.7. The molecule has 116 valence electrons. The number of benzene rings is 1. The zero-order valence-electron chi connectivity index (χ0n) is 12.6. The summed E-state index contributed by atoms with van der Waals surface area (Å²) in [5.41, 5.74) is 7.26. The maximum absolute atomic E-state index is 12.5. The van der Waals surface area contributed by atoms with E-state index in [2.05, 4.69) is 6.58 Å². The van der Waals surface area contributed by atoms with Gasteiger partial charge in [-0.05, 0) is 24.3 Å². The molecule has 1 fully saturated rings. The zero-order chi connectivity index (χ0) is 14.5. The zero-order valence-corrected chi connectivity index (χ0v) is 13.4. The second kappa shape index (κ2) is 8.20. The number of nitrogens with two attached hydrogens (primary N) is 1. The molecule has 4 heteroatoms. The third kappa shape index (κ3) is 4.32. The minimum absolute atomic E-state index is 0. The fourth-order valence-corrected chi connectivity index (χ4v) is 2.76. The van der Waals surface area contributed by atoms with Crippen LogP contribution in [-0.2, 0) is 4.79 Å². The van der Waals surface area contributed by atoms with Crippen LogP contribution < -0.4 is 5.73 Å². The lowest BCUT2D eigenvalue weighted by Crippen LogP contribution is -2.43. The van der Waals surface area contributed by atoms with Gasteiger partial charge in [0.2, 0.25) is 5.91 Å². The maximum Gasteiger partial charge on any atom is 0.227 e. The third-order valence-corrected chi connectivity index (χ3v) is 4.30. The summed E-state index contributed by atoms with van der Waals surface area (Å²) in [6, 6.07) is 9.62. The van der Waals surface area contributed by atoms with Crippen LogP contribution in [0.5, 0.6) is 0 Å². The lowest BCUT2D eigenvalue weighted by atomic mass is 9.92. The van der Waals surface area contributed by atoms with Gasteiger partial charge in [-0.3, -0.25) is 4.79 Å². The minimum atomic E-state index is -0.235. The summed E-state index contributed by atoms with van der Waals surface area (Å²) in [5.74, 6) is 0.540. The number of halogens is 1. The van der Waals surface area contributed by atoms with Crippen LogP contribution in [0, 0.1) is 11.8 Å². The lowest BCUT2D eigenvalue weighted by Gasteiger charge is -2.33. The van der Waals surface area contributed by atoms with E-state index in [1.165, 1.54) is 0 Å². The van der Waals surface area contributed by atoms with Crippen molar-refractivity contribution in [3.8, 4) is 0 Å². The van der Waals surface area contributed by atoms with Crippen LogP contribution in [0.1, 0.15) is 31.4 Å². The van der Waals surface area contributed by atoms with Gasteiger partial charge in [-0.2, -0.15) is 0 Å². The van der Waals surface area contributed by atoms with Crippen LogP contribution in [0.2, 0.25) is 0 Å². The number of amides is 1. The van der Waals surface area contributed by atoms with E-state index >= 15 is 0 Å². The number of hydrogen-bond acceptors (Lipinski definition) is 2. The van der Waals surface area contributed by atoms with Gasteiger partial charge in [0.05, 0.1) is 5.92 Å². The van der Waals surface area contributed by atoms with E-state index < -0.39 is 0 Å². The Labute approximate surface area is 133 Å². The molecule has 2 atom stereocenters. The molecule has 21 heavy (non-hydrogen) atoms. The molecule has 1 aromatic rings. The van der Waals surface area contributed by atoms with Gasteiger partial charge in [0.25, 0.3) is 0 Å². The van der Waals surface area contributed by atoms with E-state index in [0.717, 1.165) is 31.5 Å². The number of allylic oxidation sites excluding steroid dienone is 1. The van der Waals surface area contributed by atoms with Gasteiger partial charge in [0.15, 0.2) is 0 Å². The average molecular weight is 309 g/mol. The number of likely N-dealkylation sites (tertiary alicyclic amines) is 1. The molecule has 1 amide bonds. The summed E-state index contributed by atoms with van der Waals surface area (Å²) in [5, 5.41) is 0. The third-order valence-electron chi connectivity index (χ3n) is 4.30. The van der Waals surface area contributed by atoms with E-state index in [-0.39, 0.29) is 30.3 Å². The van der Waals surface area contributed by atoms with Gasteiger partial charge in [0.1, 0.15) is 0 Å². The predicted octanol–water partition coefficient (Wildman–Crippen LogP) is 3.17. The lowest BCUT2D eigenvalue weighted by molar-refractivity contribution is -0.136. The second-order valence-electron chi connectivity index (χ2n) is 5.62. The van der Waals surface area contributed by atoms with E-state index in [0.29, 0.717) is 5.92 Å². The fraction of sp³-hybridized carbons (Fsp3) is 0.471. The summed E-state index contributed by atoms with van der Waals surface area (Å²) in [6.45, 7) is 7.41. The molecule has 0 aliphatic carbocycles. The van der Waals surface area contributed by atoms with Crippen molar-refractivity contribution < 1.29 is 4.79 Å². The SMILES string of the molecule is C=CC1CCN(C(=O)C(C)C(N)c2ccccc2)CC1.Cl. The Morgan fingerprint density at radius 2 is 1.90 bits per heavy atom. The smallest absolute Gasteiger partial charge is 0.227 e. The van der Waals surface area contributed by atoms with E-state index in [1.54, 1.807) is 0 Å². The highest BCUT2D eigenvalue weighted by atomic mass is 35.5. The molecule has 1 aliphatic rings. The normalized spacial score (nSPS) is 18.5. The van der Waals surface area contributed by atoms with Crippen LogP contribution in [0.15, 0.2) is 43.0 Å². The molecule has 0 saturated carbocycles. The first-order valence-corrected chi connectivity index (χ1v) is 7.35. The van der Waals surface area contributed by atoms with Gasteiger partial charge < -0.3 is 10.6 Å². The average Bonchev–Trinajstić information content (AvgIpc) is 2.53. The van der Waals surface area contributed by atoms with Crippen molar-refractivity contribution >= 4 is 18.3 Å². The van der Waals surface area contributed by atoms with Crippen molar-refractivity contribution in [1.82, 2.24) is 4.90 Å². The Morgan fingerprint density at radius 1 is 1.33 bits per heavy atom. The molecule has 2 rings (SSSR count). The second-order valence-corrected chi connectivity index (χ2v) is 5.62. The number of hydrogen-bond donors (Lipinski definition) is 1. The van der Waals surface area contributed by atoms with Gasteiger partial charge in [0, 0.05) is 19.1 Å². The molecule has 0 bridgehead atoms. The summed E-state index contributed by atoms with van der Waals surface area (Å²) in [7, 11) is 0. The molecule has 1 heterocycles. The predicted molar refractivity (Wildman–Crippen MR) is 89.3 cm³/mol. The summed E-state index contributed by atoms with van der Waals surface area (Å²) >= 11 is 0. The Hall–Kier alpha value is -1.32. The van der Waals surface area contributed by atoms with Crippen LogP contribution in [0.4, 0.5) is 0 Å². The molecule has 0 spiro atoms. The fourth-order valence-electron chi connectivity index (χ4n) is 2.76. The number of rotatable bonds is 4. The first-order valence-electron chi connectivity index (χ1n) is 7.35. The number of nitrogens with zero attached hydrogens (tertiary/aromatic N) is 1. The largest absolute Gasteiger partial charge is 0.342 e. The van der Waals surface area contributed by atoms with Crippen LogP contribution in [0.3, 0.4) is 0 Å². The van der Waals surface area contributed by atoms with Crippen molar-refractivity contribution in [2.75, 3.05) is 13.1 Å². The minimum Gasteiger partial charge on any atom is -0.342 e. The van der Waals surface area contributed by atoms with Gasteiger partial charge in [-0.15, -0.1) is 19.0 Å². The number of carbonyl (C=O) groups excluding carboxylic acids is 1.